The molecule has 10 heteroatoms. The molecule has 1 saturated heterocycles. The lowest BCUT2D eigenvalue weighted by molar-refractivity contribution is -0.140. The SMILES string of the molecule is C[C@@H](O)C(=O)N1CCC(c2nc3c(-c4ccc(-c5ccn(C)c5)nc4)cnn3c(N)c2Br)CC1. The molecule has 1 amide bonds. The fraction of sp³-hybridized carbons (Fsp3) is 0.333. The van der Waals surface area contributed by atoms with Gasteiger partial charge in [-0.1, -0.05) is 6.07 Å². The molecule has 0 saturated carbocycles. The molecule has 4 aromatic rings. The third kappa shape index (κ3) is 3.97. The number of aliphatic hydroxyl groups is 1. The Morgan fingerprint density at radius 3 is 2.59 bits per heavy atom. The quantitative estimate of drug-likeness (QED) is 0.424. The minimum Gasteiger partial charge on any atom is -0.384 e. The number of carbonyl (C=O) groups is 1. The lowest BCUT2D eigenvalue weighted by Gasteiger charge is -2.33. The maximum atomic E-state index is 12.1. The predicted molar refractivity (Wildman–Crippen MR) is 133 cm³/mol. The molecule has 5 heterocycles. The van der Waals surface area contributed by atoms with E-state index < -0.39 is 6.10 Å². The maximum Gasteiger partial charge on any atom is 0.251 e. The van der Waals surface area contributed by atoms with Crippen molar-refractivity contribution in [2.75, 3.05) is 18.8 Å². The second-order valence-corrected chi connectivity index (χ2v) is 9.56. The number of amides is 1. The highest BCUT2D eigenvalue weighted by Gasteiger charge is 2.29. The van der Waals surface area contributed by atoms with Crippen molar-refractivity contribution in [2.45, 2.75) is 31.8 Å². The van der Waals surface area contributed by atoms with E-state index >= 15 is 0 Å². The number of nitrogens with zero attached hydrogens (tertiary/aromatic N) is 6. The number of pyridine rings is 1. The zero-order valence-electron chi connectivity index (χ0n) is 19.0. The largest absolute Gasteiger partial charge is 0.384 e. The molecule has 176 valence electrons. The molecule has 1 atom stereocenters. The maximum absolute atomic E-state index is 12.1. The van der Waals surface area contributed by atoms with E-state index in [2.05, 4.69) is 26.0 Å². The number of carbonyl (C=O) groups excluding carboxylic acids is 1. The second kappa shape index (κ2) is 8.84. The summed E-state index contributed by atoms with van der Waals surface area (Å²) < 4.78 is 4.36. The van der Waals surface area contributed by atoms with E-state index in [4.69, 9.17) is 10.7 Å². The molecule has 1 aliphatic heterocycles. The van der Waals surface area contributed by atoms with Crippen LogP contribution in [0.2, 0.25) is 0 Å². The molecule has 5 rings (SSSR count). The first-order valence-electron chi connectivity index (χ1n) is 11.2. The Morgan fingerprint density at radius 2 is 1.97 bits per heavy atom. The number of hydrogen-bond acceptors (Lipinski definition) is 6. The van der Waals surface area contributed by atoms with Crippen molar-refractivity contribution in [1.29, 1.82) is 0 Å². The van der Waals surface area contributed by atoms with E-state index in [0.717, 1.165) is 45.4 Å². The third-order valence-electron chi connectivity index (χ3n) is 6.40. The van der Waals surface area contributed by atoms with Crippen LogP contribution in [0.15, 0.2) is 47.5 Å². The molecule has 0 bridgehead atoms. The van der Waals surface area contributed by atoms with Gasteiger partial charge in [-0.3, -0.25) is 9.78 Å². The monoisotopic (exact) mass is 523 g/mol. The fourth-order valence-corrected chi connectivity index (χ4v) is 5.08. The molecular formula is C24H26BrN7O2. The van der Waals surface area contributed by atoms with Crippen molar-refractivity contribution in [3.63, 3.8) is 0 Å². The number of aliphatic hydroxyl groups excluding tert-OH is 1. The standard InChI is InChI=1S/C24H26BrN7O2/c1-14(33)24(34)31-9-6-15(7-10-31)21-20(25)22(26)32-23(29-21)18(12-28-32)16-3-4-19(27-11-16)17-5-8-30(2)13-17/h3-5,8,11-15,33H,6-7,9-10,26H2,1-2H3/t14-/m1/s1. The Kier molecular flexibility index (Phi) is 5.86. The molecular weight excluding hydrogens is 498 g/mol. The molecule has 1 fully saturated rings. The molecule has 0 aliphatic carbocycles. The summed E-state index contributed by atoms with van der Waals surface area (Å²) in [6.45, 7) is 2.65. The topological polar surface area (TPSA) is 115 Å². The Morgan fingerprint density at radius 1 is 1.21 bits per heavy atom. The number of piperidine rings is 1. The average Bonchev–Trinajstić information content (AvgIpc) is 3.47. The number of hydrogen-bond donors (Lipinski definition) is 2. The summed E-state index contributed by atoms with van der Waals surface area (Å²) in [5.41, 5.74) is 11.7. The third-order valence-corrected chi connectivity index (χ3v) is 7.21. The molecule has 0 spiro atoms. The molecule has 4 aromatic heterocycles. The number of nitrogens with two attached hydrogens (primary N) is 1. The molecule has 3 N–H and O–H groups in total. The molecule has 9 nitrogen and oxygen atoms in total. The molecule has 0 radical (unpaired) electrons. The van der Waals surface area contributed by atoms with E-state index in [1.807, 2.05) is 48.4 Å². The lowest BCUT2D eigenvalue weighted by atomic mass is 9.93. The molecule has 34 heavy (non-hydrogen) atoms. The van der Waals surface area contributed by atoms with Crippen LogP contribution in [0, 0.1) is 0 Å². The second-order valence-electron chi connectivity index (χ2n) is 8.76. The Balaban J connectivity index is 1.46. The van der Waals surface area contributed by atoms with Crippen LogP contribution >= 0.6 is 15.9 Å². The van der Waals surface area contributed by atoms with Gasteiger partial charge < -0.3 is 20.3 Å². The summed E-state index contributed by atoms with van der Waals surface area (Å²) in [5, 5.41) is 14.1. The van der Waals surface area contributed by atoms with Gasteiger partial charge in [-0.2, -0.15) is 9.61 Å². The average molecular weight is 524 g/mol. The van der Waals surface area contributed by atoms with Gasteiger partial charge in [0.15, 0.2) is 5.65 Å². The zero-order valence-corrected chi connectivity index (χ0v) is 20.6. The van der Waals surface area contributed by atoms with Crippen LogP contribution in [0.4, 0.5) is 5.82 Å². The number of likely N-dealkylation sites (tertiary alicyclic amines) is 1. The fourth-order valence-electron chi connectivity index (χ4n) is 4.50. The van der Waals surface area contributed by atoms with Crippen LogP contribution < -0.4 is 5.73 Å². The normalized spacial score (nSPS) is 15.7. The Bertz CT molecular complexity index is 1350. The number of aryl methyl sites for hydroxylation is 1. The molecule has 1 aliphatic rings. The van der Waals surface area contributed by atoms with Gasteiger partial charge in [-0.15, -0.1) is 0 Å². The van der Waals surface area contributed by atoms with Gasteiger partial charge in [0, 0.05) is 61.3 Å². The van der Waals surface area contributed by atoms with Gasteiger partial charge in [0.05, 0.1) is 22.1 Å². The van der Waals surface area contributed by atoms with Crippen LogP contribution in [0.3, 0.4) is 0 Å². The first-order chi connectivity index (χ1) is 16.3. The van der Waals surface area contributed by atoms with Gasteiger partial charge in [0.25, 0.3) is 5.91 Å². The minimum atomic E-state index is -0.982. The van der Waals surface area contributed by atoms with E-state index in [9.17, 15) is 9.90 Å². The van der Waals surface area contributed by atoms with Gasteiger partial charge in [-0.25, -0.2) is 4.98 Å². The minimum absolute atomic E-state index is 0.140. The van der Waals surface area contributed by atoms with Gasteiger partial charge >= 0.3 is 0 Å². The first-order valence-corrected chi connectivity index (χ1v) is 12.0. The summed E-state index contributed by atoms with van der Waals surface area (Å²) in [6.07, 6.45) is 8.13. The van der Waals surface area contributed by atoms with Gasteiger partial charge in [0.1, 0.15) is 11.9 Å². The van der Waals surface area contributed by atoms with E-state index in [0.29, 0.717) is 24.6 Å². The van der Waals surface area contributed by atoms with E-state index in [-0.39, 0.29) is 11.8 Å². The Hall–Kier alpha value is -3.24. The number of fused-ring (bicyclic) bond motifs is 1. The van der Waals surface area contributed by atoms with Crippen LogP contribution in [-0.4, -0.2) is 59.3 Å². The highest BCUT2D eigenvalue weighted by atomic mass is 79.9. The molecule has 0 unspecified atom stereocenters. The van der Waals surface area contributed by atoms with Crippen LogP contribution in [0.5, 0.6) is 0 Å². The predicted octanol–water partition coefficient (Wildman–Crippen LogP) is 3.23. The summed E-state index contributed by atoms with van der Waals surface area (Å²) in [4.78, 5) is 23.5. The highest BCUT2D eigenvalue weighted by molar-refractivity contribution is 9.10. The van der Waals surface area contributed by atoms with Crippen molar-refractivity contribution in [1.82, 2.24) is 29.0 Å². The van der Waals surface area contributed by atoms with Crippen molar-refractivity contribution in [3.05, 3.63) is 53.2 Å². The summed E-state index contributed by atoms with van der Waals surface area (Å²) in [6, 6.07) is 6.04. The number of halogens is 1. The van der Waals surface area contributed by atoms with Crippen LogP contribution in [0.1, 0.15) is 31.4 Å². The van der Waals surface area contributed by atoms with E-state index in [1.165, 1.54) is 6.92 Å². The summed E-state index contributed by atoms with van der Waals surface area (Å²) >= 11 is 3.62. The first kappa shape index (κ1) is 22.5. The lowest BCUT2D eigenvalue weighted by Crippen LogP contribution is -2.42. The van der Waals surface area contributed by atoms with Crippen LogP contribution in [-0.2, 0) is 11.8 Å². The summed E-state index contributed by atoms with van der Waals surface area (Å²) in [7, 11) is 1.98. The van der Waals surface area contributed by atoms with Gasteiger partial charge in [0.2, 0.25) is 0 Å². The molecule has 0 aromatic carbocycles. The number of rotatable bonds is 4. The summed E-state index contributed by atoms with van der Waals surface area (Å²) in [5.74, 6) is 0.397. The van der Waals surface area contributed by atoms with Crippen LogP contribution in [0.25, 0.3) is 28.0 Å². The van der Waals surface area contributed by atoms with E-state index in [1.54, 1.807) is 15.6 Å². The van der Waals surface area contributed by atoms with Crippen molar-refractivity contribution in [3.8, 4) is 22.4 Å². The van der Waals surface area contributed by atoms with Crippen molar-refractivity contribution < 1.29 is 9.90 Å². The highest BCUT2D eigenvalue weighted by Crippen LogP contribution is 2.37. The number of nitrogen functional groups attached to an aromatic ring is 1. The number of anilines is 1. The van der Waals surface area contributed by atoms with Crippen molar-refractivity contribution >= 4 is 33.3 Å². The Labute approximate surface area is 205 Å². The van der Waals surface area contributed by atoms with Crippen molar-refractivity contribution in [2.24, 2.45) is 7.05 Å². The number of aromatic nitrogens is 5. The smallest absolute Gasteiger partial charge is 0.251 e. The van der Waals surface area contributed by atoms with Gasteiger partial charge in [-0.05, 0) is 47.8 Å². The zero-order chi connectivity index (χ0) is 24.0.